The highest BCUT2D eigenvalue weighted by atomic mass is 32.2. The first-order valence-corrected chi connectivity index (χ1v) is 14.1. The zero-order chi connectivity index (χ0) is 29.6. The quantitative estimate of drug-likeness (QED) is 0.276. The molecule has 0 aliphatic carbocycles. The van der Waals surface area contributed by atoms with Crippen LogP contribution in [-0.2, 0) is 42.9 Å². The van der Waals surface area contributed by atoms with E-state index in [0.717, 1.165) is 56.6 Å². The third-order valence-corrected chi connectivity index (χ3v) is 11.1. The van der Waals surface area contributed by atoms with Gasteiger partial charge in [-0.2, -0.15) is 0 Å². The Bertz CT molecular complexity index is 1440. The van der Waals surface area contributed by atoms with E-state index < -0.39 is 39.4 Å². The van der Waals surface area contributed by atoms with Gasteiger partial charge in [-0.15, -0.1) is 0 Å². The lowest BCUT2D eigenvalue weighted by Crippen LogP contribution is -2.53. The molecule has 3 heterocycles. The van der Waals surface area contributed by atoms with E-state index in [4.69, 9.17) is 18.9 Å². The molecule has 3 aliphatic heterocycles. The third-order valence-electron chi connectivity index (χ3n) is 6.44. The predicted molar refractivity (Wildman–Crippen MR) is 153 cm³/mol. The average molecular weight is 604 g/mol. The van der Waals surface area contributed by atoms with E-state index in [9.17, 15) is 24.0 Å². The molecule has 1 aromatic carbocycles. The van der Waals surface area contributed by atoms with Gasteiger partial charge in [0.1, 0.15) is 18.8 Å². The Labute approximate surface area is 243 Å². The maximum Gasteiger partial charge on any atom is 0.345 e. The summed E-state index contributed by atoms with van der Waals surface area (Å²) in [6, 6.07) is 7.03. The summed E-state index contributed by atoms with van der Waals surface area (Å²) >= 11 is 2.72. The number of hydrogen-bond donors (Lipinski definition) is 0. The highest BCUT2D eigenvalue weighted by Crippen LogP contribution is 2.71. The number of amides is 1. The molecule has 0 bridgehead atoms. The van der Waals surface area contributed by atoms with Crippen LogP contribution in [0.5, 0.6) is 0 Å². The Kier molecular flexibility index (Phi) is 8.03. The number of carbonyl (C=O) groups is 5. The first-order chi connectivity index (χ1) is 18.9. The first-order valence-electron chi connectivity index (χ1n) is 11.6. The summed E-state index contributed by atoms with van der Waals surface area (Å²) in [6.45, 7) is 7.23. The fourth-order valence-corrected chi connectivity index (χ4v) is 9.81. The van der Waals surface area contributed by atoms with Gasteiger partial charge >= 0.3 is 23.9 Å². The number of rotatable bonds is 5. The van der Waals surface area contributed by atoms with E-state index in [2.05, 4.69) is 6.58 Å². The Hall–Kier alpha value is -3.42. The minimum absolute atomic E-state index is 0.108. The van der Waals surface area contributed by atoms with Crippen molar-refractivity contribution in [3.8, 4) is 0 Å². The summed E-state index contributed by atoms with van der Waals surface area (Å²) in [5.41, 5.74) is 0.340. The van der Waals surface area contributed by atoms with Crippen LogP contribution >= 0.6 is 35.3 Å². The number of thioether (sulfide) groups is 3. The number of para-hydroxylation sites is 1. The van der Waals surface area contributed by atoms with Crippen LogP contribution in [0.4, 0.5) is 5.69 Å². The second-order valence-electron chi connectivity index (χ2n) is 8.91. The predicted octanol–water partition coefficient (Wildman–Crippen LogP) is 3.79. The zero-order valence-electron chi connectivity index (χ0n) is 22.4. The Morgan fingerprint density at radius 2 is 1.30 bits per heavy atom. The second-order valence-corrected chi connectivity index (χ2v) is 12.6. The van der Waals surface area contributed by atoms with E-state index in [1.807, 2.05) is 0 Å². The number of benzene rings is 1. The van der Waals surface area contributed by atoms with Gasteiger partial charge < -0.3 is 18.9 Å². The summed E-state index contributed by atoms with van der Waals surface area (Å²) in [4.78, 5) is 67.7. The number of nitrogens with zero attached hydrogens (tertiary/aromatic N) is 1. The van der Waals surface area contributed by atoms with Gasteiger partial charge in [0.05, 0.1) is 45.2 Å². The lowest BCUT2D eigenvalue weighted by atomic mass is 9.83. The molecule has 0 saturated heterocycles. The van der Waals surface area contributed by atoms with Gasteiger partial charge in [0.2, 0.25) is 0 Å². The lowest BCUT2D eigenvalue weighted by molar-refractivity contribution is -0.138. The lowest BCUT2D eigenvalue weighted by Gasteiger charge is -2.50. The molecule has 0 fully saturated rings. The average Bonchev–Trinajstić information content (AvgIpc) is 3.35. The number of esters is 4. The molecule has 0 aromatic heterocycles. The van der Waals surface area contributed by atoms with E-state index in [0.29, 0.717) is 21.7 Å². The van der Waals surface area contributed by atoms with Crippen molar-refractivity contribution in [1.29, 1.82) is 0 Å². The molecule has 4 rings (SSSR count). The summed E-state index contributed by atoms with van der Waals surface area (Å²) in [7, 11) is 4.66. The van der Waals surface area contributed by atoms with Crippen LogP contribution < -0.4 is 4.90 Å². The van der Waals surface area contributed by atoms with Crippen molar-refractivity contribution in [3.05, 3.63) is 67.7 Å². The van der Waals surface area contributed by atoms with E-state index >= 15 is 0 Å². The molecule has 13 heteroatoms. The number of anilines is 1. The fourth-order valence-electron chi connectivity index (χ4n) is 4.75. The Morgan fingerprint density at radius 1 is 0.800 bits per heavy atom. The van der Waals surface area contributed by atoms with Crippen LogP contribution in [0.15, 0.2) is 62.1 Å². The molecule has 0 saturated carbocycles. The number of ether oxygens (including phenoxy) is 4. The summed E-state index contributed by atoms with van der Waals surface area (Å²) in [6.07, 6.45) is 1.19. The van der Waals surface area contributed by atoms with Crippen LogP contribution in [0.25, 0.3) is 5.57 Å². The minimum atomic E-state index is -1.61. The van der Waals surface area contributed by atoms with Gasteiger partial charge in [0, 0.05) is 16.0 Å². The van der Waals surface area contributed by atoms with E-state index in [1.165, 1.54) is 13.2 Å². The maximum atomic E-state index is 13.5. The van der Waals surface area contributed by atoms with Crippen molar-refractivity contribution in [1.82, 2.24) is 0 Å². The Balaban J connectivity index is 2.17. The number of methoxy groups -OCH3 is 4. The van der Waals surface area contributed by atoms with Crippen LogP contribution in [0, 0.1) is 0 Å². The Morgan fingerprint density at radius 3 is 1.80 bits per heavy atom. The van der Waals surface area contributed by atoms with Crippen LogP contribution in [0.3, 0.4) is 0 Å². The molecule has 0 radical (unpaired) electrons. The van der Waals surface area contributed by atoms with E-state index in [-0.39, 0.29) is 20.3 Å². The normalized spacial score (nSPS) is 18.6. The van der Waals surface area contributed by atoms with Gasteiger partial charge in [-0.1, -0.05) is 60.1 Å². The minimum Gasteiger partial charge on any atom is -0.466 e. The summed E-state index contributed by atoms with van der Waals surface area (Å²) in [5.74, 6) is -3.75. The third kappa shape index (κ3) is 4.27. The molecule has 210 valence electrons. The molecule has 0 N–H and O–H groups in total. The summed E-state index contributed by atoms with van der Waals surface area (Å²) < 4.78 is 18.5. The van der Waals surface area contributed by atoms with E-state index in [1.54, 1.807) is 43.0 Å². The van der Waals surface area contributed by atoms with Gasteiger partial charge in [-0.3, -0.25) is 9.69 Å². The first kappa shape index (κ1) is 29.6. The SMILES string of the molecule is C=CC(=O)N1c2ccccc2C2=C(SC(C(=O)OC)=C(C(=O)OC)C23SC(C(=O)OC)=C(C(=O)OC)S3)C1(C)C. The standard InChI is InChI=1S/C27H25NO9S3/c1-8-15(29)28-14-12-10-9-11-13(14)16-21(26(28,2)3)38-18(23(31)35-5)17(22(30)34-4)27(16)39-19(24(32)36-6)20(40-27)25(33)37-7/h8-12H,1H2,2-7H3. The van der Waals surface area contributed by atoms with Crippen LogP contribution in [0.1, 0.15) is 19.4 Å². The van der Waals surface area contributed by atoms with Crippen molar-refractivity contribution in [3.63, 3.8) is 0 Å². The molecule has 40 heavy (non-hydrogen) atoms. The molecule has 1 amide bonds. The zero-order valence-corrected chi connectivity index (χ0v) is 24.9. The number of hydrogen-bond acceptors (Lipinski definition) is 12. The van der Waals surface area contributed by atoms with Crippen molar-refractivity contribution in [2.75, 3.05) is 33.3 Å². The van der Waals surface area contributed by atoms with Gasteiger partial charge in [0.25, 0.3) is 5.91 Å². The number of fused-ring (bicyclic) bond motifs is 3. The molecule has 0 unspecified atom stereocenters. The summed E-state index contributed by atoms with van der Waals surface area (Å²) in [5, 5.41) is 0. The van der Waals surface area contributed by atoms with Crippen molar-refractivity contribution >= 4 is 76.3 Å². The second kappa shape index (κ2) is 10.9. The molecule has 0 atom stereocenters. The molecule has 1 spiro atoms. The molecule has 10 nitrogen and oxygen atoms in total. The molecule has 3 aliphatic rings. The highest BCUT2D eigenvalue weighted by molar-refractivity contribution is 8.26. The topological polar surface area (TPSA) is 126 Å². The van der Waals surface area contributed by atoms with Crippen molar-refractivity contribution < 1.29 is 42.9 Å². The largest absolute Gasteiger partial charge is 0.466 e. The van der Waals surface area contributed by atoms with Crippen LogP contribution in [0.2, 0.25) is 0 Å². The molecular formula is C27H25NO9S3. The van der Waals surface area contributed by atoms with Crippen molar-refractivity contribution in [2.45, 2.75) is 23.5 Å². The number of carbonyl (C=O) groups excluding carboxylic acids is 5. The maximum absolute atomic E-state index is 13.5. The van der Waals surface area contributed by atoms with Crippen LogP contribution in [-0.4, -0.2) is 67.8 Å². The van der Waals surface area contributed by atoms with Gasteiger partial charge in [0.15, 0.2) is 0 Å². The van der Waals surface area contributed by atoms with Gasteiger partial charge in [-0.25, -0.2) is 19.2 Å². The highest BCUT2D eigenvalue weighted by Gasteiger charge is 2.61. The van der Waals surface area contributed by atoms with Gasteiger partial charge in [-0.05, 0) is 26.0 Å². The monoisotopic (exact) mass is 603 g/mol. The fraction of sp³-hybridized carbons (Fsp3) is 0.296. The smallest absolute Gasteiger partial charge is 0.345 e. The molecule has 1 aromatic rings. The molecular weight excluding hydrogens is 578 g/mol. The van der Waals surface area contributed by atoms with Crippen molar-refractivity contribution in [2.24, 2.45) is 0 Å².